The first kappa shape index (κ1) is 17.1. The molecule has 4 nitrogen and oxygen atoms in total. The van der Waals surface area contributed by atoms with Gasteiger partial charge in [0.1, 0.15) is 0 Å². The van der Waals surface area contributed by atoms with Gasteiger partial charge in [-0.2, -0.15) is 0 Å². The van der Waals surface area contributed by atoms with Crippen LogP contribution in [0.4, 0.5) is 0 Å². The highest BCUT2D eigenvalue weighted by molar-refractivity contribution is 5.87. The molecule has 2 N–H and O–H groups in total. The first-order valence-electron chi connectivity index (χ1n) is 7.48. The lowest BCUT2D eigenvalue weighted by molar-refractivity contribution is -0.137. The second-order valence-corrected chi connectivity index (χ2v) is 4.92. The molecule has 0 aliphatic carbocycles. The zero-order valence-electron chi connectivity index (χ0n) is 12.8. The molecule has 0 bridgehead atoms. The van der Waals surface area contributed by atoms with Crippen molar-refractivity contribution in [1.29, 1.82) is 0 Å². The van der Waals surface area contributed by atoms with Crippen molar-refractivity contribution in [1.82, 2.24) is 0 Å². The van der Waals surface area contributed by atoms with E-state index in [2.05, 4.69) is 6.92 Å². The van der Waals surface area contributed by atoms with Crippen molar-refractivity contribution in [2.45, 2.75) is 46.0 Å². The van der Waals surface area contributed by atoms with Crippen molar-refractivity contribution in [3.05, 3.63) is 29.3 Å². The number of phenolic OH excluding ortho intramolecular Hbond substituents is 2. The van der Waals surface area contributed by atoms with Gasteiger partial charge in [-0.15, -0.1) is 0 Å². The molecule has 21 heavy (non-hydrogen) atoms. The predicted molar refractivity (Wildman–Crippen MR) is 83.3 cm³/mol. The van der Waals surface area contributed by atoms with Crippen LogP contribution in [0.2, 0.25) is 0 Å². The molecule has 0 unspecified atom stereocenters. The van der Waals surface area contributed by atoms with E-state index < -0.39 is 0 Å². The number of hydrogen-bond donors (Lipinski definition) is 2. The molecule has 0 atom stereocenters. The van der Waals surface area contributed by atoms with Gasteiger partial charge in [0.25, 0.3) is 0 Å². The number of ether oxygens (including phenoxy) is 1. The maximum Gasteiger partial charge on any atom is 0.330 e. The number of hydrogen-bond acceptors (Lipinski definition) is 4. The molecule has 0 spiro atoms. The molecular formula is C17H24O4. The number of rotatable bonds is 8. The average Bonchev–Trinajstić information content (AvgIpc) is 2.48. The molecule has 0 saturated carbocycles. The van der Waals surface area contributed by atoms with Gasteiger partial charge in [-0.1, -0.05) is 39.2 Å². The molecule has 1 aromatic rings. The summed E-state index contributed by atoms with van der Waals surface area (Å²) < 4.78 is 5.10. The van der Waals surface area contributed by atoms with Gasteiger partial charge < -0.3 is 14.9 Å². The highest BCUT2D eigenvalue weighted by Gasteiger charge is 2.09. The fourth-order valence-corrected chi connectivity index (χ4v) is 2.07. The number of unbranched alkanes of at least 4 members (excludes halogenated alkanes) is 3. The molecule has 0 aromatic heterocycles. The second-order valence-electron chi connectivity index (χ2n) is 4.92. The summed E-state index contributed by atoms with van der Waals surface area (Å²) >= 11 is 0. The minimum absolute atomic E-state index is 0.132. The van der Waals surface area contributed by atoms with E-state index in [-0.39, 0.29) is 17.5 Å². The lowest BCUT2D eigenvalue weighted by Gasteiger charge is -2.07. The van der Waals surface area contributed by atoms with E-state index in [1.54, 1.807) is 12.1 Å². The summed E-state index contributed by atoms with van der Waals surface area (Å²) in [4.78, 5) is 11.6. The van der Waals surface area contributed by atoms with Crippen LogP contribution in [0.25, 0.3) is 6.08 Å². The van der Waals surface area contributed by atoms with Crippen LogP contribution in [0, 0.1) is 0 Å². The molecule has 116 valence electrons. The number of carbonyl (C=O) groups excluding carboxylic acids is 1. The highest BCUT2D eigenvalue weighted by Crippen LogP contribution is 2.32. The largest absolute Gasteiger partial charge is 0.504 e. The zero-order valence-corrected chi connectivity index (χ0v) is 12.8. The molecule has 0 fully saturated rings. The number of esters is 1. The van der Waals surface area contributed by atoms with Crippen molar-refractivity contribution in [2.24, 2.45) is 0 Å². The topological polar surface area (TPSA) is 66.8 Å². The summed E-state index contributed by atoms with van der Waals surface area (Å²) in [6.07, 6.45) is 7.77. The standard InChI is InChI=1S/C17H24O4/c1-3-5-6-7-12-21-16(19)11-9-13-8-10-15(18)17(20)14(13)4-2/h8-11,18,20H,3-7,12H2,1-2H3/b11-9+. The highest BCUT2D eigenvalue weighted by atomic mass is 16.5. The second kappa shape index (κ2) is 9.06. The van der Waals surface area contributed by atoms with Crippen LogP contribution in [0.5, 0.6) is 11.5 Å². The van der Waals surface area contributed by atoms with E-state index >= 15 is 0 Å². The Labute approximate surface area is 126 Å². The Kier molecular flexibility index (Phi) is 7.37. The monoisotopic (exact) mass is 292 g/mol. The minimum Gasteiger partial charge on any atom is -0.504 e. The maximum absolute atomic E-state index is 11.6. The molecule has 0 saturated heterocycles. The van der Waals surface area contributed by atoms with E-state index in [1.165, 1.54) is 12.1 Å². The van der Waals surface area contributed by atoms with Crippen LogP contribution in [0.1, 0.15) is 50.7 Å². The average molecular weight is 292 g/mol. The summed E-state index contributed by atoms with van der Waals surface area (Å²) in [6.45, 7) is 4.44. The molecule has 0 heterocycles. The van der Waals surface area contributed by atoms with Crippen molar-refractivity contribution in [3.8, 4) is 11.5 Å². The number of aromatic hydroxyl groups is 2. The lowest BCUT2D eigenvalue weighted by Crippen LogP contribution is -2.02. The van der Waals surface area contributed by atoms with Crippen LogP contribution in [-0.4, -0.2) is 22.8 Å². The third-order valence-corrected chi connectivity index (χ3v) is 3.29. The Morgan fingerprint density at radius 3 is 2.62 bits per heavy atom. The summed E-state index contributed by atoms with van der Waals surface area (Å²) in [5.41, 5.74) is 1.32. The van der Waals surface area contributed by atoms with Crippen molar-refractivity contribution < 1.29 is 19.7 Å². The van der Waals surface area contributed by atoms with Crippen LogP contribution in [-0.2, 0) is 16.0 Å². The van der Waals surface area contributed by atoms with Crippen molar-refractivity contribution in [2.75, 3.05) is 6.61 Å². The van der Waals surface area contributed by atoms with E-state index in [4.69, 9.17) is 4.74 Å². The molecule has 0 aliphatic heterocycles. The summed E-state index contributed by atoms with van der Waals surface area (Å²) in [7, 11) is 0. The Bertz CT molecular complexity index is 492. The third-order valence-electron chi connectivity index (χ3n) is 3.29. The predicted octanol–water partition coefficient (Wildman–Crippen LogP) is 3.80. The van der Waals surface area contributed by atoms with Gasteiger partial charge in [0.15, 0.2) is 11.5 Å². The number of benzene rings is 1. The molecule has 0 aliphatic rings. The summed E-state index contributed by atoms with van der Waals surface area (Å²) in [6, 6.07) is 3.07. The van der Waals surface area contributed by atoms with Gasteiger partial charge in [0.05, 0.1) is 6.61 Å². The van der Waals surface area contributed by atoms with Crippen LogP contribution in [0.15, 0.2) is 18.2 Å². The van der Waals surface area contributed by atoms with E-state index in [0.717, 1.165) is 25.7 Å². The first-order valence-corrected chi connectivity index (χ1v) is 7.48. The normalized spacial score (nSPS) is 11.0. The maximum atomic E-state index is 11.6. The molecule has 4 heteroatoms. The Morgan fingerprint density at radius 1 is 1.19 bits per heavy atom. The van der Waals surface area contributed by atoms with Crippen LogP contribution >= 0.6 is 0 Å². The molecule has 1 rings (SSSR count). The SMILES string of the molecule is CCCCCCOC(=O)/C=C/c1ccc(O)c(O)c1CC. The van der Waals surface area contributed by atoms with E-state index in [1.807, 2.05) is 6.92 Å². The lowest BCUT2D eigenvalue weighted by atomic mass is 10.0. The summed E-state index contributed by atoms with van der Waals surface area (Å²) in [5, 5.41) is 19.2. The molecule has 0 amide bonds. The smallest absolute Gasteiger partial charge is 0.330 e. The summed E-state index contributed by atoms with van der Waals surface area (Å²) in [5.74, 6) is -0.670. The Hall–Kier alpha value is -1.97. The van der Waals surface area contributed by atoms with Gasteiger partial charge in [-0.3, -0.25) is 0 Å². The Balaban J connectivity index is 2.56. The van der Waals surface area contributed by atoms with Crippen LogP contribution < -0.4 is 0 Å². The minimum atomic E-state index is -0.388. The first-order chi connectivity index (χ1) is 10.1. The molecular weight excluding hydrogens is 268 g/mol. The van der Waals surface area contributed by atoms with Crippen molar-refractivity contribution in [3.63, 3.8) is 0 Å². The van der Waals surface area contributed by atoms with E-state index in [0.29, 0.717) is 24.2 Å². The van der Waals surface area contributed by atoms with Crippen molar-refractivity contribution >= 4 is 12.0 Å². The van der Waals surface area contributed by atoms with E-state index in [9.17, 15) is 15.0 Å². The number of carbonyl (C=O) groups is 1. The molecule has 1 aromatic carbocycles. The van der Waals surface area contributed by atoms with Gasteiger partial charge in [0, 0.05) is 11.6 Å². The van der Waals surface area contributed by atoms with Crippen LogP contribution in [0.3, 0.4) is 0 Å². The van der Waals surface area contributed by atoms with Gasteiger partial charge in [-0.05, 0) is 30.5 Å². The fourth-order valence-electron chi connectivity index (χ4n) is 2.07. The zero-order chi connectivity index (χ0) is 15.7. The number of phenols is 2. The quantitative estimate of drug-likeness (QED) is 0.331. The van der Waals surface area contributed by atoms with Gasteiger partial charge >= 0.3 is 5.97 Å². The van der Waals surface area contributed by atoms with Gasteiger partial charge in [-0.25, -0.2) is 4.79 Å². The Morgan fingerprint density at radius 2 is 1.95 bits per heavy atom. The molecule has 0 radical (unpaired) electrons. The third kappa shape index (κ3) is 5.50. The fraction of sp³-hybridized carbons (Fsp3) is 0.471. The van der Waals surface area contributed by atoms with Gasteiger partial charge in [0.2, 0.25) is 0 Å².